The summed E-state index contributed by atoms with van der Waals surface area (Å²) < 4.78 is 8.16. The van der Waals surface area contributed by atoms with Gasteiger partial charge in [0.05, 0.1) is 35.2 Å². The normalized spacial score (nSPS) is 14.3. The molecular weight excluding hydrogens is 456 g/mol. The summed E-state index contributed by atoms with van der Waals surface area (Å²) in [6, 6.07) is 11.1. The van der Waals surface area contributed by atoms with Crippen LogP contribution in [0.3, 0.4) is 0 Å². The molecule has 6 rings (SSSR count). The minimum Gasteiger partial charge on any atom is -0.451 e. The van der Waals surface area contributed by atoms with Crippen molar-refractivity contribution in [1.29, 1.82) is 0 Å². The molecule has 2 N–H and O–H groups in total. The quantitative estimate of drug-likeness (QED) is 0.367. The number of fused-ring (bicyclic) bond motifs is 2. The van der Waals surface area contributed by atoms with Crippen LogP contribution in [-0.2, 0) is 6.54 Å². The van der Waals surface area contributed by atoms with Crippen molar-refractivity contribution >= 4 is 22.5 Å². The molecule has 2 aromatic heterocycles. The first-order chi connectivity index (χ1) is 17.7. The molecule has 1 saturated heterocycles. The summed E-state index contributed by atoms with van der Waals surface area (Å²) in [6.07, 6.45) is 8.99. The number of nitrogens with zero attached hydrogens (tertiary/aromatic N) is 4. The Morgan fingerprint density at radius 3 is 2.78 bits per heavy atom. The Morgan fingerprint density at radius 2 is 1.94 bits per heavy atom. The number of benzene rings is 2. The number of anilines is 1. The van der Waals surface area contributed by atoms with Gasteiger partial charge in [-0.3, -0.25) is 19.6 Å². The van der Waals surface area contributed by atoms with Crippen LogP contribution in [0.2, 0.25) is 0 Å². The fraction of sp³-hybridized carbons (Fsp3) is 0.259. The standard InChI is InChI=1S/C27H26N6O3/c34-25-19-7-8-21(31-16-18-15-28-9-10-29-18)26-24(19)33(22-5-1-2-6-23(22)36-26)17-20(25)27(35)30-11-14-32-12-3-4-13-32/h1-2,5-10,15,17,31H,3-4,11-14,16H2,(H,30,35). The van der Waals surface area contributed by atoms with E-state index < -0.39 is 0 Å². The van der Waals surface area contributed by atoms with E-state index in [4.69, 9.17) is 4.74 Å². The molecule has 0 aliphatic carbocycles. The molecule has 4 aromatic rings. The zero-order valence-electron chi connectivity index (χ0n) is 19.7. The van der Waals surface area contributed by atoms with Crippen molar-refractivity contribution in [3.05, 3.63) is 82.7 Å². The second-order valence-electron chi connectivity index (χ2n) is 9.01. The Morgan fingerprint density at radius 1 is 1.08 bits per heavy atom. The van der Waals surface area contributed by atoms with Crippen molar-refractivity contribution in [2.75, 3.05) is 31.5 Å². The smallest absolute Gasteiger partial charge is 0.256 e. The zero-order chi connectivity index (χ0) is 24.5. The van der Waals surface area contributed by atoms with Gasteiger partial charge >= 0.3 is 0 Å². The first-order valence-electron chi connectivity index (χ1n) is 12.2. The highest BCUT2D eigenvalue weighted by molar-refractivity contribution is 6.01. The average molecular weight is 483 g/mol. The van der Waals surface area contributed by atoms with E-state index in [1.165, 1.54) is 12.8 Å². The van der Waals surface area contributed by atoms with Gasteiger partial charge in [-0.05, 0) is 50.2 Å². The summed E-state index contributed by atoms with van der Waals surface area (Å²) in [5.74, 6) is 0.817. The monoisotopic (exact) mass is 482 g/mol. The maximum absolute atomic E-state index is 13.5. The van der Waals surface area contributed by atoms with E-state index in [0.717, 1.165) is 36.7 Å². The minimum absolute atomic E-state index is 0.117. The van der Waals surface area contributed by atoms with Crippen LogP contribution in [0.4, 0.5) is 5.69 Å². The minimum atomic E-state index is -0.361. The third kappa shape index (κ3) is 4.07. The molecule has 0 radical (unpaired) electrons. The number of hydrogen-bond donors (Lipinski definition) is 2. The summed E-state index contributed by atoms with van der Waals surface area (Å²) in [5.41, 5.74) is 2.69. The van der Waals surface area contributed by atoms with Gasteiger partial charge in [0.15, 0.2) is 11.5 Å². The van der Waals surface area contributed by atoms with Gasteiger partial charge in [0, 0.05) is 31.7 Å². The van der Waals surface area contributed by atoms with Gasteiger partial charge in [0.1, 0.15) is 11.1 Å². The van der Waals surface area contributed by atoms with Crippen LogP contribution in [0, 0.1) is 0 Å². The first kappa shape index (κ1) is 22.2. The molecular formula is C27H26N6O3. The van der Waals surface area contributed by atoms with Crippen LogP contribution in [0.5, 0.6) is 11.5 Å². The number of ether oxygens (including phenoxy) is 1. The SMILES string of the molecule is O=C(NCCN1CCCC1)c1cn2c3c(c(NCc4cnccn4)ccc3c1=O)Oc1ccccc1-2. The number of rotatable bonds is 7. The number of para-hydroxylation sites is 2. The number of aromatic nitrogens is 3. The molecule has 0 unspecified atom stereocenters. The van der Waals surface area contributed by atoms with E-state index in [0.29, 0.717) is 35.5 Å². The van der Waals surface area contributed by atoms with Gasteiger partial charge < -0.3 is 24.8 Å². The highest BCUT2D eigenvalue weighted by Gasteiger charge is 2.26. The van der Waals surface area contributed by atoms with Gasteiger partial charge in [0.25, 0.3) is 5.91 Å². The van der Waals surface area contributed by atoms with Crippen molar-refractivity contribution in [3.63, 3.8) is 0 Å². The third-order valence-electron chi connectivity index (χ3n) is 6.69. The zero-order valence-corrected chi connectivity index (χ0v) is 19.7. The number of likely N-dealkylation sites (tertiary alicyclic amines) is 1. The predicted octanol–water partition coefficient (Wildman–Crippen LogP) is 3.32. The van der Waals surface area contributed by atoms with E-state index in [1.54, 1.807) is 30.9 Å². The largest absolute Gasteiger partial charge is 0.451 e. The van der Waals surface area contributed by atoms with E-state index in [-0.39, 0.29) is 16.9 Å². The number of pyridine rings is 1. The van der Waals surface area contributed by atoms with Gasteiger partial charge in [-0.2, -0.15) is 0 Å². The van der Waals surface area contributed by atoms with Crippen LogP contribution in [0.25, 0.3) is 16.6 Å². The van der Waals surface area contributed by atoms with Gasteiger partial charge in [0.2, 0.25) is 5.43 Å². The van der Waals surface area contributed by atoms with Crippen LogP contribution in [0.15, 0.2) is 66.0 Å². The molecule has 1 amide bonds. The van der Waals surface area contributed by atoms with Crippen LogP contribution < -0.4 is 20.8 Å². The molecule has 4 heterocycles. The number of carbonyl (C=O) groups is 1. The molecule has 0 saturated carbocycles. The first-order valence-corrected chi connectivity index (χ1v) is 12.2. The summed E-state index contributed by atoms with van der Waals surface area (Å²) in [7, 11) is 0. The maximum Gasteiger partial charge on any atom is 0.256 e. The second kappa shape index (κ2) is 9.43. The molecule has 9 nitrogen and oxygen atoms in total. The average Bonchev–Trinajstić information content (AvgIpc) is 3.43. The molecule has 2 aliphatic rings. The van der Waals surface area contributed by atoms with Crippen molar-refractivity contribution in [1.82, 2.24) is 24.8 Å². The summed E-state index contributed by atoms with van der Waals surface area (Å²) in [6.45, 7) is 3.86. The van der Waals surface area contributed by atoms with Crippen LogP contribution in [0.1, 0.15) is 28.9 Å². The summed E-state index contributed by atoms with van der Waals surface area (Å²) in [5, 5.41) is 6.72. The maximum atomic E-state index is 13.5. The lowest BCUT2D eigenvalue weighted by Crippen LogP contribution is -2.36. The number of nitrogens with one attached hydrogen (secondary N) is 2. The Bertz CT molecular complexity index is 1500. The molecule has 36 heavy (non-hydrogen) atoms. The molecule has 182 valence electrons. The van der Waals surface area contributed by atoms with Gasteiger partial charge in [-0.25, -0.2) is 0 Å². The predicted molar refractivity (Wildman–Crippen MR) is 137 cm³/mol. The molecule has 9 heteroatoms. The van der Waals surface area contributed by atoms with E-state index in [1.807, 2.05) is 34.9 Å². The fourth-order valence-electron chi connectivity index (χ4n) is 4.87. The highest BCUT2D eigenvalue weighted by atomic mass is 16.5. The van der Waals surface area contributed by atoms with Crippen LogP contribution >= 0.6 is 0 Å². The lowest BCUT2D eigenvalue weighted by atomic mass is 10.1. The Kier molecular flexibility index (Phi) is 5.82. The van der Waals surface area contributed by atoms with E-state index in [2.05, 4.69) is 25.5 Å². The Labute approximate surface area is 207 Å². The Balaban J connectivity index is 1.38. The lowest BCUT2D eigenvalue weighted by Gasteiger charge is -2.25. The van der Waals surface area contributed by atoms with Gasteiger partial charge in [-0.1, -0.05) is 12.1 Å². The third-order valence-corrected chi connectivity index (χ3v) is 6.69. The topological polar surface area (TPSA) is 101 Å². The molecule has 0 atom stereocenters. The molecule has 2 aliphatic heterocycles. The number of hydrogen-bond acceptors (Lipinski definition) is 7. The fourth-order valence-corrected chi connectivity index (χ4v) is 4.87. The molecule has 0 spiro atoms. The Hall–Kier alpha value is -4.24. The van der Waals surface area contributed by atoms with Crippen LogP contribution in [-0.4, -0.2) is 51.5 Å². The lowest BCUT2D eigenvalue weighted by molar-refractivity contribution is 0.0948. The number of carbonyl (C=O) groups excluding carboxylic acids is 1. The van der Waals surface area contributed by atoms with Crippen molar-refractivity contribution < 1.29 is 9.53 Å². The van der Waals surface area contributed by atoms with Crippen molar-refractivity contribution in [3.8, 4) is 17.2 Å². The second-order valence-corrected chi connectivity index (χ2v) is 9.01. The molecule has 1 fully saturated rings. The van der Waals surface area contributed by atoms with E-state index in [9.17, 15) is 9.59 Å². The van der Waals surface area contributed by atoms with E-state index >= 15 is 0 Å². The molecule has 0 bridgehead atoms. The number of amides is 1. The highest BCUT2D eigenvalue weighted by Crippen LogP contribution is 2.43. The van der Waals surface area contributed by atoms with Crippen molar-refractivity contribution in [2.45, 2.75) is 19.4 Å². The summed E-state index contributed by atoms with van der Waals surface area (Å²) in [4.78, 5) is 37.3. The van der Waals surface area contributed by atoms with Gasteiger partial charge in [-0.15, -0.1) is 0 Å². The molecule has 2 aromatic carbocycles. The summed E-state index contributed by atoms with van der Waals surface area (Å²) >= 11 is 0. The van der Waals surface area contributed by atoms with Crippen molar-refractivity contribution in [2.24, 2.45) is 0 Å².